The van der Waals surface area contributed by atoms with Crippen molar-refractivity contribution in [3.05, 3.63) is 22.4 Å². The van der Waals surface area contributed by atoms with Crippen LogP contribution >= 0.6 is 23.2 Å². The van der Waals surface area contributed by atoms with Gasteiger partial charge in [-0.1, -0.05) is 23.2 Å². The molecule has 0 aromatic carbocycles. The van der Waals surface area contributed by atoms with Gasteiger partial charge in [-0.25, -0.2) is 4.98 Å². The standard InChI is InChI=1S/C5H3Cl2NO2S.Na/c6-3-1-2-8-5(7)4(3)11(9)10;/h1-2H,(H,9,10);/q;+1/p-1. The summed E-state index contributed by atoms with van der Waals surface area (Å²) in [7, 11) is 0. The maximum Gasteiger partial charge on any atom is 1.00 e. The Bertz CT molecular complexity index is 289. The molecule has 0 aliphatic heterocycles. The van der Waals surface area contributed by atoms with Crippen LogP contribution in [0.4, 0.5) is 0 Å². The minimum Gasteiger partial charge on any atom is -0.768 e. The molecular formula is C5H2Cl2NNaO2S. The van der Waals surface area contributed by atoms with E-state index < -0.39 is 11.1 Å². The molecule has 0 fully saturated rings. The minimum atomic E-state index is -2.43. The molecule has 0 N–H and O–H groups in total. The van der Waals surface area contributed by atoms with E-state index in [0.717, 1.165) is 0 Å². The first-order valence-corrected chi connectivity index (χ1v) is 4.35. The summed E-state index contributed by atoms with van der Waals surface area (Å²) in [5, 5.41) is -0.0239. The van der Waals surface area contributed by atoms with Gasteiger partial charge in [0.15, 0.2) is 0 Å². The Morgan fingerprint density at radius 2 is 2.08 bits per heavy atom. The predicted molar refractivity (Wildman–Crippen MR) is 41.4 cm³/mol. The number of aromatic nitrogens is 1. The van der Waals surface area contributed by atoms with E-state index in [1.165, 1.54) is 12.3 Å². The van der Waals surface area contributed by atoms with Gasteiger partial charge in [-0.05, 0) is 17.1 Å². The zero-order chi connectivity index (χ0) is 8.43. The van der Waals surface area contributed by atoms with Gasteiger partial charge in [-0.3, -0.25) is 4.21 Å². The number of hydrogen-bond donors (Lipinski definition) is 0. The molecule has 12 heavy (non-hydrogen) atoms. The van der Waals surface area contributed by atoms with E-state index in [1.54, 1.807) is 0 Å². The van der Waals surface area contributed by atoms with E-state index in [-0.39, 0.29) is 44.6 Å². The number of pyridine rings is 1. The van der Waals surface area contributed by atoms with Crippen molar-refractivity contribution in [3.63, 3.8) is 0 Å². The maximum absolute atomic E-state index is 10.4. The third-order valence-corrected chi connectivity index (χ3v) is 2.55. The first-order chi connectivity index (χ1) is 5.13. The van der Waals surface area contributed by atoms with Crippen LogP contribution in [0.2, 0.25) is 10.2 Å². The summed E-state index contributed by atoms with van der Waals surface area (Å²) in [6, 6.07) is 1.36. The van der Waals surface area contributed by atoms with E-state index in [4.69, 9.17) is 23.2 Å². The molecule has 60 valence electrons. The van der Waals surface area contributed by atoms with Gasteiger partial charge in [0.2, 0.25) is 0 Å². The molecule has 1 atom stereocenters. The first kappa shape index (κ1) is 12.8. The van der Waals surface area contributed by atoms with E-state index >= 15 is 0 Å². The molecule has 1 aromatic heterocycles. The van der Waals surface area contributed by atoms with Crippen molar-refractivity contribution < 1.29 is 38.3 Å². The van der Waals surface area contributed by atoms with Crippen molar-refractivity contribution in [1.29, 1.82) is 0 Å². The molecule has 1 aromatic rings. The van der Waals surface area contributed by atoms with Crippen LogP contribution < -0.4 is 29.6 Å². The Labute approximate surface area is 104 Å². The van der Waals surface area contributed by atoms with E-state index in [0.29, 0.717) is 0 Å². The van der Waals surface area contributed by atoms with Crippen LogP contribution in [0.5, 0.6) is 0 Å². The summed E-state index contributed by atoms with van der Waals surface area (Å²) in [6.07, 6.45) is 1.33. The maximum atomic E-state index is 10.4. The van der Waals surface area contributed by atoms with Gasteiger partial charge in [-0.15, -0.1) is 0 Å². The molecular weight excluding hydrogens is 232 g/mol. The van der Waals surface area contributed by atoms with Crippen molar-refractivity contribution >= 4 is 34.3 Å². The Hall–Kier alpha value is 0.840. The van der Waals surface area contributed by atoms with Crippen molar-refractivity contribution in [2.24, 2.45) is 0 Å². The number of halogens is 2. The Kier molecular flexibility index (Phi) is 5.93. The van der Waals surface area contributed by atoms with Crippen molar-refractivity contribution in [2.75, 3.05) is 0 Å². The van der Waals surface area contributed by atoms with Gasteiger partial charge < -0.3 is 4.55 Å². The molecule has 0 aliphatic rings. The van der Waals surface area contributed by atoms with Crippen molar-refractivity contribution in [1.82, 2.24) is 4.98 Å². The first-order valence-electron chi connectivity index (χ1n) is 2.52. The molecule has 1 rings (SSSR count). The fraction of sp³-hybridized carbons (Fsp3) is 0. The number of hydrogen-bond acceptors (Lipinski definition) is 3. The summed E-state index contributed by atoms with van der Waals surface area (Å²) in [5.74, 6) is 0. The zero-order valence-electron chi connectivity index (χ0n) is 6.08. The van der Waals surface area contributed by atoms with E-state index in [1.807, 2.05) is 0 Å². The molecule has 0 radical (unpaired) electrons. The number of rotatable bonds is 1. The zero-order valence-corrected chi connectivity index (χ0v) is 10.4. The van der Waals surface area contributed by atoms with Gasteiger partial charge in [0.1, 0.15) is 5.15 Å². The van der Waals surface area contributed by atoms with Crippen molar-refractivity contribution in [2.45, 2.75) is 4.90 Å². The van der Waals surface area contributed by atoms with Gasteiger partial charge >= 0.3 is 29.6 Å². The topological polar surface area (TPSA) is 53.0 Å². The summed E-state index contributed by atoms with van der Waals surface area (Å²) < 4.78 is 20.9. The monoisotopic (exact) mass is 233 g/mol. The van der Waals surface area contributed by atoms with Crippen molar-refractivity contribution in [3.8, 4) is 0 Å². The summed E-state index contributed by atoms with van der Waals surface area (Å²) in [4.78, 5) is 3.39. The quantitative estimate of drug-likeness (QED) is 0.342. The Balaban J connectivity index is 0.00000121. The van der Waals surface area contributed by atoms with Gasteiger partial charge in [0, 0.05) is 6.20 Å². The fourth-order valence-corrected chi connectivity index (χ4v) is 1.70. The second-order valence-corrected chi connectivity index (χ2v) is 3.29. The Morgan fingerprint density at radius 1 is 1.50 bits per heavy atom. The number of nitrogens with zero attached hydrogens (tertiary/aromatic N) is 1. The third-order valence-electron chi connectivity index (χ3n) is 0.980. The summed E-state index contributed by atoms with van der Waals surface area (Å²) in [5.41, 5.74) is 0. The van der Waals surface area contributed by atoms with Crippen LogP contribution in [-0.4, -0.2) is 13.7 Å². The molecule has 1 heterocycles. The van der Waals surface area contributed by atoms with Crippen LogP contribution in [0.25, 0.3) is 0 Å². The Morgan fingerprint density at radius 3 is 2.42 bits per heavy atom. The second kappa shape index (κ2) is 5.54. The largest absolute Gasteiger partial charge is 1.00 e. The summed E-state index contributed by atoms with van der Waals surface area (Å²) in [6.45, 7) is 0. The smallest absolute Gasteiger partial charge is 0.768 e. The molecule has 7 heteroatoms. The van der Waals surface area contributed by atoms with Crippen LogP contribution in [-0.2, 0) is 11.1 Å². The minimum absolute atomic E-state index is 0. The normalized spacial score (nSPS) is 11.9. The van der Waals surface area contributed by atoms with Crippen LogP contribution in [0.15, 0.2) is 17.2 Å². The fourth-order valence-electron chi connectivity index (χ4n) is 0.549. The molecule has 0 saturated carbocycles. The van der Waals surface area contributed by atoms with E-state index in [9.17, 15) is 8.76 Å². The molecule has 1 unspecified atom stereocenters. The van der Waals surface area contributed by atoms with Gasteiger partial charge in [-0.2, -0.15) is 0 Å². The second-order valence-electron chi connectivity index (χ2n) is 1.65. The molecule has 0 aliphatic carbocycles. The predicted octanol–water partition coefficient (Wildman–Crippen LogP) is -1.37. The average molecular weight is 234 g/mol. The van der Waals surface area contributed by atoms with Gasteiger partial charge in [0.25, 0.3) is 0 Å². The average Bonchev–Trinajstić information content (AvgIpc) is 1.85. The molecule has 0 amide bonds. The van der Waals surface area contributed by atoms with E-state index in [2.05, 4.69) is 4.98 Å². The molecule has 0 bridgehead atoms. The van der Waals surface area contributed by atoms with Crippen LogP contribution in [0.3, 0.4) is 0 Å². The van der Waals surface area contributed by atoms with Crippen LogP contribution in [0, 0.1) is 0 Å². The van der Waals surface area contributed by atoms with Gasteiger partial charge in [0.05, 0.1) is 9.92 Å². The van der Waals surface area contributed by atoms with Crippen LogP contribution in [0.1, 0.15) is 0 Å². The third kappa shape index (κ3) is 2.96. The molecule has 0 spiro atoms. The molecule has 0 saturated heterocycles. The summed E-state index contributed by atoms with van der Waals surface area (Å²) >= 11 is 8.51. The SMILES string of the molecule is O=S([O-])c1c(Cl)ccnc1Cl.[Na+]. The molecule has 3 nitrogen and oxygen atoms in total.